The average molecular weight is 237 g/mol. The van der Waals surface area contributed by atoms with Crippen molar-refractivity contribution in [3.63, 3.8) is 0 Å². The number of amides is 1. The zero-order chi connectivity index (χ0) is 12.9. The summed E-state index contributed by atoms with van der Waals surface area (Å²) in [5.74, 6) is 2.76. The van der Waals surface area contributed by atoms with E-state index in [1.807, 2.05) is 20.8 Å². The van der Waals surface area contributed by atoms with Crippen molar-refractivity contribution in [3.8, 4) is 12.3 Å². The summed E-state index contributed by atoms with van der Waals surface area (Å²) >= 11 is 0. The van der Waals surface area contributed by atoms with E-state index in [-0.39, 0.29) is 0 Å². The molecule has 0 saturated heterocycles. The molecule has 0 heterocycles. The van der Waals surface area contributed by atoms with E-state index in [0.717, 1.165) is 25.7 Å². The van der Waals surface area contributed by atoms with E-state index in [0.29, 0.717) is 0 Å². The number of carbonyl (C=O) groups excluding carboxylic acids is 1. The highest BCUT2D eigenvalue weighted by atomic mass is 16.6. The van der Waals surface area contributed by atoms with Crippen molar-refractivity contribution in [1.29, 1.82) is 0 Å². The van der Waals surface area contributed by atoms with Crippen molar-refractivity contribution < 1.29 is 9.53 Å². The summed E-state index contributed by atoms with van der Waals surface area (Å²) in [6.45, 7) is 5.55. The molecular weight excluding hydrogens is 214 g/mol. The second kappa shape index (κ2) is 5.44. The number of nitrogens with one attached hydrogen (secondary N) is 1. The van der Waals surface area contributed by atoms with Crippen LogP contribution in [0.5, 0.6) is 0 Å². The predicted molar refractivity (Wildman–Crippen MR) is 68.6 cm³/mol. The van der Waals surface area contributed by atoms with Gasteiger partial charge in [-0.3, -0.25) is 0 Å². The largest absolute Gasteiger partial charge is 0.444 e. The van der Waals surface area contributed by atoms with Crippen LogP contribution in [0.25, 0.3) is 0 Å². The highest BCUT2D eigenvalue weighted by Crippen LogP contribution is 2.26. The van der Waals surface area contributed by atoms with Gasteiger partial charge in [0.2, 0.25) is 0 Å². The maximum Gasteiger partial charge on any atom is 0.408 e. The van der Waals surface area contributed by atoms with E-state index in [1.54, 1.807) is 0 Å². The van der Waals surface area contributed by atoms with Gasteiger partial charge in [-0.2, -0.15) is 0 Å². The van der Waals surface area contributed by atoms with Crippen LogP contribution in [0.15, 0.2) is 0 Å². The van der Waals surface area contributed by atoms with Crippen LogP contribution in [0.1, 0.15) is 59.3 Å². The molecule has 96 valence electrons. The fourth-order valence-corrected chi connectivity index (χ4v) is 2.14. The van der Waals surface area contributed by atoms with Crippen molar-refractivity contribution in [2.24, 2.45) is 0 Å². The van der Waals surface area contributed by atoms with Gasteiger partial charge in [-0.25, -0.2) is 4.79 Å². The highest BCUT2D eigenvalue weighted by molar-refractivity contribution is 5.69. The first-order chi connectivity index (χ1) is 7.87. The summed E-state index contributed by atoms with van der Waals surface area (Å²) < 4.78 is 5.26. The number of carbonyl (C=O) groups is 1. The quantitative estimate of drug-likeness (QED) is 0.561. The third-order valence-electron chi connectivity index (χ3n) is 2.97. The van der Waals surface area contributed by atoms with Gasteiger partial charge in [-0.1, -0.05) is 31.6 Å². The number of hydrogen-bond acceptors (Lipinski definition) is 2. The van der Waals surface area contributed by atoms with Gasteiger partial charge in [0.1, 0.15) is 11.1 Å². The van der Waals surface area contributed by atoms with Crippen LogP contribution in [0.4, 0.5) is 4.79 Å². The van der Waals surface area contributed by atoms with Crippen LogP contribution >= 0.6 is 0 Å². The molecule has 3 nitrogen and oxygen atoms in total. The molecule has 1 aliphatic carbocycles. The lowest BCUT2D eigenvalue weighted by atomic mass is 9.91. The van der Waals surface area contributed by atoms with Crippen LogP contribution in [-0.4, -0.2) is 17.2 Å². The minimum atomic E-state index is -0.501. The molecule has 3 heteroatoms. The second-order valence-electron chi connectivity index (χ2n) is 5.77. The molecule has 0 aromatic carbocycles. The monoisotopic (exact) mass is 237 g/mol. The van der Waals surface area contributed by atoms with Gasteiger partial charge < -0.3 is 10.1 Å². The second-order valence-corrected chi connectivity index (χ2v) is 5.77. The Labute approximate surface area is 104 Å². The van der Waals surface area contributed by atoms with Crippen molar-refractivity contribution in [2.75, 3.05) is 0 Å². The minimum absolute atomic E-state index is 0.405. The molecule has 1 aliphatic rings. The van der Waals surface area contributed by atoms with Gasteiger partial charge in [-0.15, -0.1) is 6.42 Å². The molecule has 0 spiro atoms. The number of ether oxygens (including phenoxy) is 1. The van der Waals surface area contributed by atoms with Gasteiger partial charge >= 0.3 is 6.09 Å². The lowest BCUT2D eigenvalue weighted by molar-refractivity contribution is 0.0474. The van der Waals surface area contributed by atoms with Crippen LogP contribution < -0.4 is 5.32 Å². The molecule has 17 heavy (non-hydrogen) atoms. The standard InChI is InChI=1S/C14H23NO2/c1-5-14(10-8-6-7-9-11-14)15-12(16)17-13(2,3)4/h1H,6-11H2,2-4H3,(H,15,16). The van der Waals surface area contributed by atoms with Crippen molar-refractivity contribution in [2.45, 2.75) is 70.4 Å². The molecule has 1 N–H and O–H groups in total. The Balaban J connectivity index is 2.62. The first kappa shape index (κ1) is 13.9. The van der Waals surface area contributed by atoms with E-state index in [4.69, 9.17) is 11.2 Å². The highest BCUT2D eigenvalue weighted by Gasteiger charge is 2.32. The SMILES string of the molecule is C#CC1(NC(=O)OC(C)(C)C)CCCCCC1. The Hall–Kier alpha value is -1.17. The predicted octanol–water partition coefficient (Wildman–Crippen LogP) is 3.24. The van der Waals surface area contributed by atoms with Crippen molar-refractivity contribution >= 4 is 6.09 Å². The van der Waals surface area contributed by atoms with E-state index in [9.17, 15) is 4.79 Å². The number of hydrogen-bond donors (Lipinski definition) is 1. The van der Waals surface area contributed by atoms with Crippen LogP contribution in [0, 0.1) is 12.3 Å². The Morgan fingerprint density at radius 3 is 2.18 bits per heavy atom. The fraction of sp³-hybridized carbons (Fsp3) is 0.786. The molecule has 1 saturated carbocycles. The van der Waals surface area contributed by atoms with Gasteiger partial charge in [-0.05, 0) is 33.6 Å². The molecule has 1 fully saturated rings. The summed E-state index contributed by atoms with van der Waals surface area (Å²) in [4.78, 5) is 11.8. The Morgan fingerprint density at radius 1 is 1.24 bits per heavy atom. The van der Waals surface area contributed by atoms with Gasteiger partial charge in [0.25, 0.3) is 0 Å². The number of terminal acetylenes is 1. The number of alkyl carbamates (subject to hydrolysis) is 1. The summed E-state index contributed by atoms with van der Waals surface area (Å²) in [6.07, 6.45) is 11.4. The Kier molecular flexibility index (Phi) is 4.45. The first-order valence-corrected chi connectivity index (χ1v) is 6.36. The third kappa shape index (κ3) is 4.68. The van der Waals surface area contributed by atoms with E-state index >= 15 is 0 Å². The van der Waals surface area contributed by atoms with Gasteiger partial charge in [0.15, 0.2) is 0 Å². The third-order valence-corrected chi connectivity index (χ3v) is 2.97. The summed E-state index contributed by atoms with van der Waals surface area (Å²) in [5, 5.41) is 2.88. The van der Waals surface area contributed by atoms with Crippen LogP contribution in [-0.2, 0) is 4.74 Å². The Morgan fingerprint density at radius 2 is 1.76 bits per heavy atom. The first-order valence-electron chi connectivity index (χ1n) is 6.36. The molecule has 0 atom stereocenters. The molecule has 1 amide bonds. The zero-order valence-corrected chi connectivity index (χ0v) is 11.1. The summed E-state index contributed by atoms with van der Waals surface area (Å²) in [6, 6.07) is 0. The van der Waals surface area contributed by atoms with E-state index in [1.165, 1.54) is 12.8 Å². The zero-order valence-electron chi connectivity index (χ0n) is 11.1. The topological polar surface area (TPSA) is 38.3 Å². The average Bonchev–Trinajstić information content (AvgIpc) is 2.41. The van der Waals surface area contributed by atoms with E-state index < -0.39 is 17.2 Å². The van der Waals surface area contributed by atoms with Crippen LogP contribution in [0.3, 0.4) is 0 Å². The summed E-state index contributed by atoms with van der Waals surface area (Å²) in [5.41, 5.74) is -0.983. The maximum atomic E-state index is 11.8. The summed E-state index contributed by atoms with van der Waals surface area (Å²) in [7, 11) is 0. The minimum Gasteiger partial charge on any atom is -0.444 e. The molecule has 0 unspecified atom stereocenters. The Bertz CT molecular complexity index is 301. The number of rotatable bonds is 1. The fourth-order valence-electron chi connectivity index (χ4n) is 2.14. The van der Waals surface area contributed by atoms with Gasteiger partial charge in [0.05, 0.1) is 0 Å². The molecule has 0 bridgehead atoms. The molecule has 0 radical (unpaired) electrons. The normalized spacial score (nSPS) is 19.9. The van der Waals surface area contributed by atoms with Crippen LogP contribution in [0.2, 0.25) is 0 Å². The smallest absolute Gasteiger partial charge is 0.408 e. The van der Waals surface area contributed by atoms with E-state index in [2.05, 4.69) is 11.2 Å². The molecule has 1 rings (SSSR count). The molecular formula is C14H23NO2. The molecule has 0 aromatic rings. The molecule has 0 aromatic heterocycles. The lowest BCUT2D eigenvalue weighted by Crippen LogP contribution is -2.48. The maximum absolute atomic E-state index is 11.8. The molecule has 0 aliphatic heterocycles. The van der Waals surface area contributed by atoms with Crippen molar-refractivity contribution in [1.82, 2.24) is 5.32 Å². The van der Waals surface area contributed by atoms with Gasteiger partial charge in [0, 0.05) is 0 Å². The lowest BCUT2D eigenvalue weighted by Gasteiger charge is -2.30. The van der Waals surface area contributed by atoms with Crippen molar-refractivity contribution in [3.05, 3.63) is 0 Å².